The van der Waals surface area contributed by atoms with Gasteiger partial charge in [0, 0.05) is 12.0 Å². The number of aromatic carboxylic acids is 1. The van der Waals surface area contributed by atoms with Gasteiger partial charge in [0.2, 0.25) is 0 Å². The van der Waals surface area contributed by atoms with E-state index in [2.05, 4.69) is 0 Å². The van der Waals surface area contributed by atoms with Crippen LogP contribution < -0.4 is 4.74 Å². The fraction of sp³-hybridized carbons (Fsp3) is 0.176. The second-order valence-corrected chi connectivity index (χ2v) is 5.71. The van der Waals surface area contributed by atoms with Crippen LogP contribution in [0.5, 0.6) is 5.75 Å². The van der Waals surface area contributed by atoms with Crippen LogP contribution in [0.1, 0.15) is 32.7 Å². The predicted octanol–water partition coefficient (Wildman–Crippen LogP) is 4.52. The minimum Gasteiger partial charge on any atom is -0.497 e. The number of carbonyl (C=O) groups is 2. The normalized spacial score (nSPS) is 10.4. The summed E-state index contributed by atoms with van der Waals surface area (Å²) in [7, 11) is 1.58. The predicted molar refractivity (Wildman–Crippen MR) is 89.1 cm³/mol. The van der Waals surface area contributed by atoms with Gasteiger partial charge in [-0.3, -0.25) is 4.79 Å². The first kappa shape index (κ1) is 17.3. The molecule has 0 heterocycles. The third-order valence-corrected chi connectivity index (χ3v) is 3.95. The zero-order valence-corrected chi connectivity index (χ0v) is 13.8. The molecule has 0 amide bonds. The molecule has 0 aliphatic carbocycles. The molecule has 0 aromatic heterocycles. The van der Waals surface area contributed by atoms with Crippen LogP contribution >= 0.6 is 23.2 Å². The average molecular weight is 353 g/mol. The summed E-state index contributed by atoms with van der Waals surface area (Å²) in [6.45, 7) is 0. The monoisotopic (exact) mass is 352 g/mol. The fourth-order valence-electron chi connectivity index (χ4n) is 2.17. The Hall–Kier alpha value is -2.04. The molecule has 23 heavy (non-hydrogen) atoms. The Bertz CT molecular complexity index is 733. The SMILES string of the molecule is COc1cccc(CCC(=O)c2cc(Cl)c(C(=O)O)c(Cl)c2)c1. The van der Waals surface area contributed by atoms with E-state index in [1.165, 1.54) is 12.1 Å². The number of hydrogen-bond donors (Lipinski definition) is 1. The van der Waals surface area contributed by atoms with Crippen molar-refractivity contribution >= 4 is 35.0 Å². The number of ether oxygens (including phenoxy) is 1. The van der Waals surface area contributed by atoms with E-state index < -0.39 is 5.97 Å². The first-order chi connectivity index (χ1) is 10.9. The van der Waals surface area contributed by atoms with Crippen molar-refractivity contribution in [2.45, 2.75) is 12.8 Å². The molecule has 0 radical (unpaired) electrons. The number of aryl methyl sites for hydroxylation is 1. The highest BCUT2D eigenvalue weighted by Gasteiger charge is 2.17. The molecule has 4 nitrogen and oxygen atoms in total. The molecule has 0 unspecified atom stereocenters. The topological polar surface area (TPSA) is 63.6 Å². The summed E-state index contributed by atoms with van der Waals surface area (Å²) in [6, 6.07) is 10.1. The molecule has 2 aromatic rings. The molecule has 0 bridgehead atoms. The van der Waals surface area contributed by atoms with E-state index >= 15 is 0 Å². The second kappa shape index (κ2) is 7.49. The number of hydrogen-bond acceptors (Lipinski definition) is 3. The molecule has 120 valence electrons. The smallest absolute Gasteiger partial charge is 0.338 e. The van der Waals surface area contributed by atoms with Crippen molar-refractivity contribution in [1.29, 1.82) is 0 Å². The molecule has 0 spiro atoms. The Morgan fingerprint density at radius 3 is 2.35 bits per heavy atom. The van der Waals surface area contributed by atoms with Crippen LogP contribution in [0.25, 0.3) is 0 Å². The maximum Gasteiger partial charge on any atom is 0.338 e. The Morgan fingerprint density at radius 1 is 1.13 bits per heavy atom. The number of ketones is 1. The van der Waals surface area contributed by atoms with Crippen molar-refractivity contribution in [2.75, 3.05) is 7.11 Å². The summed E-state index contributed by atoms with van der Waals surface area (Å²) in [5.41, 5.74) is 1.07. The van der Waals surface area contributed by atoms with Crippen LogP contribution in [0, 0.1) is 0 Å². The van der Waals surface area contributed by atoms with E-state index in [-0.39, 0.29) is 27.8 Å². The lowest BCUT2D eigenvalue weighted by Gasteiger charge is -2.07. The van der Waals surface area contributed by atoms with Crippen LogP contribution in [0.15, 0.2) is 36.4 Å². The lowest BCUT2D eigenvalue weighted by Crippen LogP contribution is -2.05. The molecule has 0 fully saturated rings. The minimum atomic E-state index is -1.23. The Morgan fingerprint density at radius 2 is 1.78 bits per heavy atom. The quantitative estimate of drug-likeness (QED) is 0.776. The summed E-state index contributed by atoms with van der Waals surface area (Å²) >= 11 is 11.8. The van der Waals surface area contributed by atoms with Gasteiger partial charge in [-0.15, -0.1) is 0 Å². The second-order valence-electron chi connectivity index (χ2n) is 4.89. The zero-order valence-electron chi connectivity index (χ0n) is 12.3. The van der Waals surface area contributed by atoms with Crippen molar-refractivity contribution in [2.24, 2.45) is 0 Å². The lowest BCUT2D eigenvalue weighted by molar-refractivity contribution is 0.0696. The van der Waals surface area contributed by atoms with Gasteiger partial charge in [0.05, 0.1) is 22.7 Å². The number of carbonyl (C=O) groups excluding carboxylic acids is 1. The Kier molecular flexibility index (Phi) is 5.64. The molecule has 0 saturated heterocycles. The zero-order chi connectivity index (χ0) is 17.0. The van der Waals surface area contributed by atoms with Crippen LogP contribution in [0.4, 0.5) is 0 Å². The van der Waals surface area contributed by atoms with Crippen molar-refractivity contribution in [1.82, 2.24) is 0 Å². The van der Waals surface area contributed by atoms with E-state index in [1.54, 1.807) is 7.11 Å². The van der Waals surface area contributed by atoms with Gasteiger partial charge < -0.3 is 9.84 Å². The highest BCUT2D eigenvalue weighted by Crippen LogP contribution is 2.27. The van der Waals surface area contributed by atoms with Crippen LogP contribution in [0.3, 0.4) is 0 Å². The third kappa shape index (κ3) is 4.24. The van der Waals surface area contributed by atoms with E-state index in [1.807, 2.05) is 24.3 Å². The Labute approximate surface area is 143 Å². The van der Waals surface area contributed by atoms with Crippen LogP contribution in [0.2, 0.25) is 10.0 Å². The van der Waals surface area contributed by atoms with Gasteiger partial charge in [0.15, 0.2) is 5.78 Å². The number of carboxylic acid groups (broad SMARTS) is 1. The molecule has 0 saturated carbocycles. The molecule has 2 rings (SSSR count). The lowest BCUT2D eigenvalue weighted by atomic mass is 10.0. The number of benzene rings is 2. The number of carboxylic acids is 1. The molecular formula is C17H14Cl2O4. The number of Topliss-reactive ketones (excluding diaryl/α,β-unsaturated/α-hetero) is 1. The van der Waals surface area contributed by atoms with E-state index in [0.29, 0.717) is 12.0 Å². The number of methoxy groups -OCH3 is 1. The summed E-state index contributed by atoms with van der Waals surface area (Å²) in [4.78, 5) is 23.3. The van der Waals surface area contributed by atoms with Gasteiger partial charge in [0.1, 0.15) is 5.75 Å². The van der Waals surface area contributed by atoms with Crippen LogP contribution in [-0.4, -0.2) is 24.0 Å². The van der Waals surface area contributed by atoms with Gasteiger partial charge in [-0.1, -0.05) is 35.3 Å². The first-order valence-electron chi connectivity index (χ1n) is 6.81. The summed E-state index contributed by atoms with van der Waals surface area (Å²) in [6.07, 6.45) is 0.790. The van der Waals surface area contributed by atoms with Gasteiger partial charge in [-0.25, -0.2) is 4.79 Å². The minimum absolute atomic E-state index is 0.0465. The fourth-order valence-corrected chi connectivity index (χ4v) is 2.82. The molecule has 1 N–H and O–H groups in total. The highest BCUT2D eigenvalue weighted by atomic mass is 35.5. The molecule has 0 aliphatic heterocycles. The third-order valence-electron chi connectivity index (χ3n) is 3.35. The van der Waals surface area contributed by atoms with E-state index in [4.69, 9.17) is 33.0 Å². The van der Waals surface area contributed by atoms with Crippen LogP contribution in [-0.2, 0) is 6.42 Å². The largest absolute Gasteiger partial charge is 0.497 e. The molecule has 0 aliphatic rings. The van der Waals surface area contributed by atoms with E-state index in [0.717, 1.165) is 11.3 Å². The average Bonchev–Trinajstić information content (AvgIpc) is 2.51. The highest BCUT2D eigenvalue weighted by molar-refractivity contribution is 6.39. The summed E-state index contributed by atoms with van der Waals surface area (Å²) in [5, 5.41) is 8.92. The molecule has 2 aromatic carbocycles. The maximum atomic E-state index is 12.3. The van der Waals surface area contributed by atoms with Gasteiger partial charge >= 0.3 is 5.97 Å². The van der Waals surface area contributed by atoms with E-state index in [9.17, 15) is 9.59 Å². The first-order valence-corrected chi connectivity index (χ1v) is 7.56. The number of halogens is 2. The molecule has 6 heteroatoms. The standard InChI is InChI=1S/C17H14Cl2O4/c1-23-12-4-2-3-10(7-12)5-6-15(20)11-8-13(18)16(17(21)22)14(19)9-11/h2-4,7-9H,5-6H2,1H3,(H,21,22). The van der Waals surface area contributed by atoms with Gasteiger partial charge in [0.25, 0.3) is 0 Å². The molecule has 0 atom stereocenters. The molecular weight excluding hydrogens is 339 g/mol. The van der Waals surface area contributed by atoms with Crippen molar-refractivity contribution in [3.05, 3.63) is 63.1 Å². The Balaban J connectivity index is 2.13. The van der Waals surface area contributed by atoms with Crippen molar-refractivity contribution in [3.8, 4) is 5.75 Å². The van der Waals surface area contributed by atoms with Gasteiger partial charge in [-0.2, -0.15) is 0 Å². The number of rotatable bonds is 6. The summed E-state index contributed by atoms with van der Waals surface area (Å²) in [5.74, 6) is -0.657. The van der Waals surface area contributed by atoms with Crippen molar-refractivity contribution < 1.29 is 19.4 Å². The maximum absolute atomic E-state index is 12.3. The van der Waals surface area contributed by atoms with Crippen molar-refractivity contribution in [3.63, 3.8) is 0 Å². The summed E-state index contributed by atoms with van der Waals surface area (Å²) < 4.78 is 5.14. The van der Waals surface area contributed by atoms with Gasteiger partial charge in [-0.05, 0) is 36.2 Å².